The van der Waals surface area contributed by atoms with Crippen LogP contribution in [0.5, 0.6) is 0 Å². The number of carbonyl (C=O) groups excluding carboxylic acids is 1. The van der Waals surface area contributed by atoms with E-state index >= 15 is 0 Å². The van der Waals surface area contributed by atoms with Gasteiger partial charge in [0.2, 0.25) is 17.7 Å². The van der Waals surface area contributed by atoms with Crippen LogP contribution < -0.4 is 0 Å². The lowest BCUT2D eigenvalue weighted by atomic mass is 10.0. The minimum absolute atomic E-state index is 0.0775. The number of amides is 1. The second kappa shape index (κ2) is 6.33. The van der Waals surface area contributed by atoms with Crippen LogP contribution >= 0.6 is 0 Å². The van der Waals surface area contributed by atoms with Crippen LogP contribution in [0.15, 0.2) is 28.8 Å². The molecule has 4 rings (SSSR count). The number of hydrogen-bond donors (Lipinski definition) is 1. The maximum Gasteiger partial charge on any atom is 0.246 e. The van der Waals surface area contributed by atoms with Gasteiger partial charge < -0.3 is 19.0 Å². The molecule has 1 saturated heterocycles. The molecule has 130 valence electrons. The van der Waals surface area contributed by atoms with Crippen LogP contribution in [0.2, 0.25) is 0 Å². The van der Waals surface area contributed by atoms with E-state index < -0.39 is 0 Å². The maximum atomic E-state index is 12.8. The summed E-state index contributed by atoms with van der Waals surface area (Å²) >= 11 is 0. The number of aryl methyl sites for hydroxylation is 2. The van der Waals surface area contributed by atoms with Gasteiger partial charge in [0.05, 0.1) is 19.6 Å². The summed E-state index contributed by atoms with van der Waals surface area (Å²) in [7, 11) is 0. The number of rotatable bonds is 3. The van der Waals surface area contributed by atoms with E-state index in [4.69, 9.17) is 9.15 Å². The molecule has 25 heavy (non-hydrogen) atoms. The molecule has 2 aromatic heterocycles. The predicted octanol–water partition coefficient (Wildman–Crippen LogP) is 2.31. The summed E-state index contributed by atoms with van der Waals surface area (Å²) in [6.45, 7) is 5.27. The number of fused-ring (bicyclic) bond motifs is 1. The Morgan fingerprint density at radius 3 is 3.04 bits per heavy atom. The van der Waals surface area contributed by atoms with Gasteiger partial charge in [-0.3, -0.25) is 4.79 Å². The third-order valence-electron chi connectivity index (χ3n) is 4.57. The second-order valence-electron chi connectivity index (χ2n) is 6.35. The van der Waals surface area contributed by atoms with Crippen molar-refractivity contribution in [3.8, 4) is 0 Å². The van der Waals surface area contributed by atoms with Crippen LogP contribution in [0, 0.1) is 13.8 Å². The Bertz CT molecular complexity index is 914. The SMILES string of the molecule is Cc1nnc([C@H]2CN(C(=O)Cc3c[nH]c4cccc(C)c34)CCO2)o1. The largest absolute Gasteiger partial charge is 0.423 e. The minimum Gasteiger partial charge on any atom is -0.423 e. The molecule has 7 heteroatoms. The topological polar surface area (TPSA) is 84.2 Å². The predicted molar refractivity (Wildman–Crippen MR) is 91.0 cm³/mol. The van der Waals surface area contributed by atoms with Gasteiger partial charge in [0.25, 0.3) is 0 Å². The van der Waals surface area contributed by atoms with Crippen LogP contribution in [0.3, 0.4) is 0 Å². The second-order valence-corrected chi connectivity index (χ2v) is 6.35. The maximum absolute atomic E-state index is 12.8. The quantitative estimate of drug-likeness (QED) is 0.791. The fourth-order valence-electron chi connectivity index (χ4n) is 3.33. The Morgan fingerprint density at radius 2 is 2.24 bits per heavy atom. The van der Waals surface area contributed by atoms with Gasteiger partial charge in [0.15, 0.2) is 6.10 Å². The fraction of sp³-hybridized carbons (Fsp3) is 0.389. The van der Waals surface area contributed by atoms with Crippen molar-refractivity contribution in [1.82, 2.24) is 20.1 Å². The average Bonchev–Trinajstić information content (AvgIpc) is 3.22. The molecule has 1 amide bonds. The number of carbonyl (C=O) groups is 1. The Balaban J connectivity index is 1.50. The molecule has 3 aromatic rings. The van der Waals surface area contributed by atoms with Crippen LogP contribution in [0.4, 0.5) is 0 Å². The number of nitrogens with one attached hydrogen (secondary N) is 1. The first-order valence-corrected chi connectivity index (χ1v) is 8.37. The molecule has 0 unspecified atom stereocenters. The van der Waals surface area contributed by atoms with Gasteiger partial charge in [-0.1, -0.05) is 12.1 Å². The number of ether oxygens (including phenoxy) is 1. The summed E-state index contributed by atoms with van der Waals surface area (Å²) in [6, 6.07) is 6.10. The third kappa shape index (κ3) is 3.02. The first-order chi connectivity index (χ1) is 12.1. The summed E-state index contributed by atoms with van der Waals surface area (Å²) in [5.41, 5.74) is 3.25. The summed E-state index contributed by atoms with van der Waals surface area (Å²) in [5.74, 6) is 1.00. The van der Waals surface area contributed by atoms with Crippen LogP contribution in [-0.4, -0.2) is 45.7 Å². The molecule has 3 heterocycles. The van der Waals surface area contributed by atoms with Crippen LogP contribution in [0.1, 0.15) is 29.0 Å². The van der Waals surface area contributed by atoms with Crippen LogP contribution in [-0.2, 0) is 16.0 Å². The summed E-state index contributed by atoms with van der Waals surface area (Å²) < 4.78 is 11.1. The highest BCUT2D eigenvalue weighted by molar-refractivity contribution is 5.91. The Labute approximate surface area is 145 Å². The van der Waals surface area contributed by atoms with Gasteiger partial charge in [0, 0.05) is 30.6 Å². The number of morpholine rings is 1. The molecule has 1 aliphatic heterocycles. The van der Waals surface area contributed by atoms with Crippen molar-refractivity contribution in [2.75, 3.05) is 19.7 Å². The fourth-order valence-corrected chi connectivity index (χ4v) is 3.33. The number of hydrogen-bond acceptors (Lipinski definition) is 5. The Hall–Kier alpha value is -2.67. The van der Waals surface area contributed by atoms with Crippen molar-refractivity contribution in [3.05, 3.63) is 47.3 Å². The van der Waals surface area contributed by atoms with E-state index in [2.05, 4.69) is 28.2 Å². The molecule has 0 saturated carbocycles. The minimum atomic E-state index is -0.358. The normalized spacial score (nSPS) is 18.0. The number of aromatic nitrogens is 3. The summed E-state index contributed by atoms with van der Waals surface area (Å²) in [4.78, 5) is 17.8. The first kappa shape index (κ1) is 15.8. The van der Waals surface area contributed by atoms with E-state index in [1.807, 2.05) is 23.2 Å². The van der Waals surface area contributed by atoms with Gasteiger partial charge in [-0.15, -0.1) is 10.2 Å². The van der Waals surface area contributed by atoms with Crippen molar-refractivity contribution in [2.24, 2.45) is 0 Å². The lowest BCUT2D eigenvalue weighted by Crippen LogP contribution is -2.43. The molecule has 1 aliphatic rings. The number of benzene rings is 1. The van der Waals surface area contributed by atoms with E-state index in [0.717, 1.165) is 16.5 Å². The smallest absolute Gasteiger partial charge is 0.246 e. The Morgan fingerprint density at radius 1 is 1.36 bits per heavy atom. The molecule has 0 bridgehead atoms. The molecule has 1 fully saturated rings. The average molecular weight is 340 g/mol. The molecule has 1 atom stereocenters. The zero-order chi connectivity index (χ0) is 17.4. The zero-order valence-corrected chi connectivity index (χ0v) is 14.3. The number of nitrogens with zero attached hydrogens (tertiary/aromatic N) is 3. The van der Waals surface area contributed by atoms with Gasteiger partial charge in [-0.25, -0.2) is 0 Å². The third-order valence-corrected chi connectivity index (χ3v) is 4.57. The number of H-pyrrole nitrogens is 1. The highest BCUT2D eigenvalue weighted by atomic mass is 16.5. The lowest BCUT2D eigenvalue weighted by molar-refractivity contribution is -0.139. The van der Waals surface area contributed by atoms with E-state index in [1.54, 1.807) is 6.92 Å². The molecule has 0 aliphatic carbocycles. The zero-order valence-electron chi connectivity index (χ0n) is 14.3. The van der Waals surface area contributed by atoms with Gasteiger partial charge in [0.1, 0.15) is 0 Å². The lowest BCUT2D eigenvalue weighted by Gasteiger charge is -2.31. The summed E-state index contributed by atoms with van der Waals surface area (Å²) in [5, 5.41) is 8.97. The summed E-state index contributed by atoms with van der Waals surface area (Å²) in [6.07, 6.45) is 1.93. The standard InChI is InChI=1S/C18H20N4O3/c1-11-4-3-5-14-17(11)13(9-19-14)8-16(23)22-6-7-24-15(10-22)18-21-20-12(2)25-18/h3-5,9,15,19H,6-8,10H2,1-2H3/t15-/m1/s1. The molecular formula is C18H20N4O3. The van der Waals surface area contributed by atoms with Gasteiger partial charge in [-0.2, -0.15) is 0 Å². The van der Waals surface area contributed by atoms with Crippen molar-refractivity contribution in [1.29, 1.82) is 0 Å². The molecular weight excluding hydrogens is 320 g/mol. The van der Waals surface area contributed by atoms with Crippen molar-refractivity contribution in [3.63, 3.8) is 0 Å². The molecule has 7 nitrogen and oxygen atoms in total. The van der Waals surface area contributed by atoms with E-state index in [9.17, 15) is 4.79 Å². The van der Waals surface area contributed by atoms with Crippen molar-refractivity contribution < 1.29 is 13.9 Å². The number of aromatic amines is 1. The molecule has 1 aromatic carbocycles. The highest BCUT2D eigenvalue weighted by Crippen LogP contribution is 2.25. The van der Waals surface area contributed by atoms with E-state index in [1.165, 1.54) is 5.56 Å². The highest BCUT2D eigenvalue weighted by Gasteiger charge is 2.29. The molecule has 1 N–H and O–H groups in total. The molecule has 0 spiro atoms. The van der Waals surface area contributed by atoms with Crippen LogP contribution in [0.25, 0.3) is 10.9 Å². The Kier molecular flexibility index (Phi) is 4.01. The van der Waals surface area contributed by atoms with E-state index in [-0.39, 0.29) is 12.0 Å². The molecule has 0 radical (unpaired) electrons. The monoisotopic (exact) mass is 340 g/mol. The van der Waals surface area contributed by atoms with Gasteiger partial charge in [-0.05, 0) is 24.1 Å². The van der Waals surface area contributed by atoms with Crippen molar-refractivity contribution >= 4 is 16.8 Å². The van der Waals surface area contributed by atoms with Crippen molar-refractivity contribution in [2.45, 2.75) is 26.4 Å². The first-order valence-electron chi connectivity index (χ1n) is 8.37. The van der Waals surface area contributed by atoms with E-state index in [0.29, 0.717) is 37.9 Å². The van der Waals surface area contributed by atoms with Gasteiger partial charge >= 0.3 is 0 Å².